The van der Waals surface area contributed by atoms with E-state index >= 15 is 0 Å². The maximum Gasteiger partial charge on any atom is 0.329 e. The monoisotopic (exact) mass is 376 g/mol. The van der Waals surface area contributed by atoms with Gasteiger partial charge in [-0.3, -0.25) is 9.59 Å². The van der Waals surface area contributed by atoms with Crippen LogP contribution in [0.1, 0.15) is 17.0 Å². The third-order valence-electron chi connectivity index (χ3n) is 3.70. The molecule has 0 aliphatic rings. The molecule has 2 rings (SSSR count). The van der Waals surface area contributed by atoms with Crippen LogP contribution in [0.25, 0.3) is 5.69 Å². The molecule has 26 heavy (non-hydrogen) atoms. The van der Waals surface area contributed by atoms with Crippen molar-refractivity contribution in [1.82, 2.24) is 15.3 Å². The molecule has 1 heterocycles. The Morgan fingerprint density at radius 1 is 1.27 bits per heavy atom. The van der Waals surface area contributed by atoms with Gasteiger partial charge in [0.2, 0.25) is 0 Å². The standard InChI is InChI=1S/C18H21ClN4O3/c1-12-9-14(11-21-22-18(25)17(24)20-7-8-26-3)13(2)23(12)16-6-4-5-15(19)10-16/h4-6,9-11H,7-8H2,1-3H3,(H,20,24)(H,22,25)/b21-11+. The Morgan fingerprint density at radius 2 is 2.04 bits per heavy atom. The minimum absolute atomic E-state index is 0.257. The molecule has 0 atom stereocenters. The Kier molecular flexibility index (Phi) is 6.94. The quantitative estimate of drug-likeness (QED) is 0.350. The second-order valence-corrected chi connectivity index (χ2v) is 6.03. The smallest absolute Gasteiger partial charge is 0.329 e. The number of hydrogen-bond donors (Lipinski definition) is 2. The molecule has 0 saturated heterocycles. The van der Waals surface area contributed by atoms with Crippen LogP contribution >= 0.6 is 11.6 Å². The van der Waals surface area contributed by atoms with Gasteiger partial charge in [-0.2, -0.15) is 5.10 Å². The van der Waals surface area contributed by atoms with Crippen molar-refractivity contribution in [1.29, 1.82) is 0 Å². The third-order valence-corrected chi connectivity index (χ3v) is 3.94. The van der Waals surface area contributed by atoms with Gasteiger partial charge in [0.15, 0.2) is 0 Å². The number of nitrogens with one attached hydrogen (secondary N) is 2. The van der Waals surface area contributed by atoms with E-state index in [1.807, 2.05) is 48.7 Å². The van der Waals surface area contributed by atoms with Crippen LogP contribution in [-0.2, 0) is 14.3 Å². The predicted molar refractivity (Wildman–Crippen MR) is 101 cm³/mol. The first-order chi connectivity index (χ1) is 12.4. The van der Waals surface area contributed by atoms with E-state index < -0.39 is 11.8 Å². The van der Waals surface area contributed by atoms with Crippen LogP contribution in [0.5, 0.6) is 0 Å². The number of carbonyl (C=O) groups excluding carboxylic acids is 2. The molecule has 138 valence electrons. The molecule has 0 bridgehead atoms. The molecule has 1 aromatic heterocycles. The summed E-state index contributed by atoms with van der Waals surface area (Å²) in [6, 6.07) is 9.46. The maximum absolute atomic E-state index is 11.6. The number of aryl methyl sites for hydroxylation is 1. The lowest BCUT2D eigenvalue weighted by atomic mass is 10.2. The molecular formula is C18H21ClN4O3. The number of nitrogens with zero attached hydrogens (tertiary/aromatic N) is 2. The molecule has 0 aliphatic heterocycles. The normalized spacial score (nSPS) is 10.9. The number of aromatic nitrogens is 1. The molecule has 2 aromatic rings. The average Bonchev–Trinajstić information content (AvgIpc) is 2.88. The zero-order chi connectivity index (χ0) is 19.1. The van der Waals surface area contributed by atoms with Crippen LogP contribution in [0.4, 0.5) is 0 Å². The van der Waals surface area contributed by atoms with Crippen molar-refractivity contribution in [2.45, 2.75) is 13.8 Å². The lowest BCUT2D eigenvalue weighted by Gasteiger charge is -2.09. The maximum atomic E-state index is 11.6. The topological polar surface area (TPSA) is 84.7 Å². The summed E-state index contributed by atoms with van der Waals surface area (Å²) in [6.45, 7) is 4.49. The number of methoxy groups -OCH3 is 1. The molecule has 0 aliphatic carbocycles. The van der Waals surface area contributed by atoms with Gasteiger partial charge in [0.25, 0.3) is 0 Å². The summed E-state index contributed by atoms with van der Waals surface area (Å²) < 4.78 is 6.83. The van der Waals surface area contributed by atoms with Gasteiger partial charge in [-0.15, -0.1) is 0 Å². The van der Waals surface area contributed by atoms with E-state index in [-0.39, 0.29) is 6.54 Å². The van der Waals surface area contributed by atoms with Crippen LogP contribution in [0, 0.1) is 13.8 Å². The fourth-order valence-corrected chi connectivity index (χ4v) is 2.67. The summed E-state index contributed by atoms with van der Waals surface area (Å²) in [5.74, 6) is -1.59. The van der Waals surface area contributed by atoms with Crippen LogP contribution < -0.4 is 10.7 Å². The Balaban J connectivity index is 2.06. The number of amides is 2. The number of carbonyl (C=O) groups is 2. The molecule has 2 amide bonds. The molecule has 0 spiro atoms. The second-order valence-electron chi connectivity index (χ2n) is 5.59. The van der Waals surface area contributed by atoms with E-state index in [0.29, 0.717) is 11.6 Å². The van der Waals surface area contributed by atoms with Gasteiger partial charge in [0, 0.05) is 41.3 Å². The SMILES string of the molecule is COCCNC(=O)C(=O)N/N=C/c1cc(C)n(-c2cccc(Cl)c2)c1C. The van der Waals surface area contributed by atoms with Gasteiger partial charge >= 0.3 is 11.8 Å². The number of hydrazone groups is 1. The highest BCUT2D eigenvalue weighted by atomic mass is 35.5. The zero-order valence-electron chi connectivity index (χ0n) is 14.9. The van der Waals surface area contributed by atoms with E-state index in [1.165, 1.54) is 13.3 Å². The lowest BCUT2D eigenvalue weighted by Crippen LogP contribution is -2.39. The fourth-order valence-electron chi connectivity index (χ4n) is 2.49. The van der Waals surface area contributed by atoms with Crippen molar-refractivity contribution in [2.75, 3.05) is 20.3 Å². The van der Waals surface area contributed by atoms with Crippen molar-refractivity contribution in [3.63, 3.8) is 0 Å². The highest BCUT2D eigenvalue weighted by Crippen LogP contribution is 2.22. The lowest BCUT2D eigenvalue weighted by molar-refractivity contribution is -0.139. The van der Waals surface area contributed by atoms with Gasteiger partial charge in [-0.05, 0) is 38.1 Å². The van der Waals surface area contributed by atoms with E-state index in [4.69, 9.17) is 16.3 Å². The van der Waals surface area contributed by atoms with E-state index in [2.05, 4.69) is 15.8 Å². The molecule has 0 unspecified atom stereocenters. The number of halogens is 1. The summed E-state index contributed by atoms with van der Waals surface area (Å²) in [5.41, 5.74) is 5.90. The van der Waals surface area contributed by atoms with E-state index in [0.717, 1.165) is 22.6 Å². The minimum Gasteiger partial charge on any atom is -0.383 e. The van der Waals surface area contributed by atoms with Crippen molar-refractivity contribution >= 4 is 29.6 Å². The van der Waals surface area contributed by atoms with E-state index in [9.17, 15) is 9.59 Å². The number of ether oxygens (including phenoxy) is 1. The van der Waals surface area contributed by atoms with Crippen molar-refractivity contribution < 1.29 is 14.3 Å². The summed E-state index contributed by atoms with van der Waals surface area (Å²) >= 11 is 6.07. The number of hydrogen-bond acceptors (Lipinski definition) is 4. The van der Waals surface area contributed by atoms with Gasteiger partial charge in [0.1, 0.15) is 0 Å². The Hall–Kier alpha value is -2.64. The predicted octanol–water partition coefficient (Wildman–Crippen LogP) is 1.96. The van der Waals surface area contributed by atoms with Crippen molar-refractivity contribution in [3.05, 3.63) is 52.3 Å². The molecule has 0 fully saturated rings. The third kappa shape index (κ3) is 4.93. The Labute approximate surface area is 157 Å². The Bertz CT molecular complexity index is 830. The zero-order valence-corrected chi connectivity index (χ0v) is 15.6. The van der Waals surface area contributed by atoms with Crippen molar-refractivity contribution in [2.24, 2.45) is 5.10 Å². The van der Waals surface area contributed by atoms with Gasteiger partial charge in [0.05, 0.1) is 12.8 Å². The van der Waals surface area contributed by atoms with Crippen LogP contribution in [0.3, 0.4) is 0 Å². The van der Waals surface area contributed by atoms with Crippen molar-refractivity contribution in [3.8, 4) is 5.69 Å². The highest BCUT2D eigenvalue weighted by molar-refractivity contribution is 6.35. The average molecular weight is 377 g/mol. The summed E-state index contributed by atoms with van der Waals surface area (Å²) in [7, 11) is 1.51. The molecule has 0 radical (unpaired) electrons. The van der Waals surface area contributed by atoms with Crippen LogP contribution in [0.15, 0.2) is 35.4 Å². The van der Waals surface area contributed by atoms with Gasteiger partial charge in [-0.1, -0.05) is 17.7 Å². The minimum atomic E-state index is -0.832. The van der Waals surface area contributed by atoms with Gasteiger partial charge in [-0.25, -0.2) is 5.43 Å². The first-order valence-electron chi connectivity index (χ1n) is 7.99. The molecule has 2 N–H and O–H groups in total. The number of rotatable bonds is 6. The first kappa shape index (κ1) is 19.7. The largest absolute Gasteiger partial charge is 0.383 e. The fraction of sp³-hybridized carbons (Fsp3) is 0.278. The molecule has 0 saturated carbocycles. The van der Waals surface area contributed by atoms with E-state index in [1.54, 1.807) is 0 Å². The van der Waals surface area contributed by atoms with Crippen LogP contribution in [0.2, 0.25) is 5.02 Å². The summed E-state index contributed by atoms with van der Waals surface area (Å²) in [4.78, 5) is 23.2. The summed E-state index contributed by atoms with van der Waals surface area (Å²) in [6.07, 6.45) is 1.50. The number of benzene rings is 1. The highest BCUT2D eigenvalue weighted by Gasteiger charge is 2.12. The second kappa shape index (κ2) is 9.17. The first-order valence-corrected chi connectivity index (χ1v) is 8.37. The molecule has 7 nitrogen and oxygen atoms in total. The van der Waals surface area contributed by atoms with Gasteiger partial charge < -0.3 is 14.6 Å². The van der Waals surface area contributed by atoms with Crippen LogP contribution in [-0.4, -0.2) is 42.9 Å². The molecule has 1 aromatic carbocycles. The summed E-state index contributed by atoms with van der Waals surface area (Å²) in [5, 5.41) is 6.93. The molecule has 8 heteroatoms. The Morgan fingerprint density at radius 3 is 2.73 bits per heavy atom. The molecular weight excluding hydrogens is 356 g/mol.